The SMILES string of the molecule is CCC1CCC(N)(Cc2ccc(C(F)(F)F)cc2)C1. The molecule has 0 radical (unpaired) electrons. The van der Waals surface area contributed by atoms with Crippen LogP contribution in [0.2, 0.25) is 0 Å². The van der Waals surface area contributed by atoms with Crippen LogP contribution in [0, 0.1) is 5.92 Å². The first-order valence-electron chi connectivity index (χ1n) is 6.77. The summed E-state index contributed by atoms with van der Waals surface area (Å²) < 4.78 is 37.4. The second-order valence-electron chi connectivity index (χ2n) is 5.75. The van der Waals surface area contributed by atoms with Gasteiger partial charge in [0.15, 0.2) is 0 Å². The molecule has 0 saturated heterocycles. The minimum Gasteiger partial charge on any atom is -0.325 e. The first kappa shape index (κ1) is 14.4. The van der Waals surface area contributed by atoms with Gasteiger partial charge in [-0.1, -0.05) is 25.5 Å². The van der Waals surface area contributed by atoms with E-state index >= 15 is 0 Å². The van der Waals surface area contributed by atoms with Crippen LogP contribution in [0.1, 0.15) is 43.7 Å². The minimum atomic E-state index is -4.26. The summed E-state index contributed by atoms with van der Waals surface area (Å²) in [5.41, 5.74) is 6.42. The van der Waals surface area contributed by atoms with Gasteiger partial charge in [0.1, 0.15) is 0 Å². The lowest BCUT2D eigenvalue weighted by Gasteiger charge is -2.24. The summed E-state index contributed by atoms with van der Waals surface area (Å²) in [5.74, 6) is 0.666. The van der Waals surface area contributed by atoms with Crippen LogP contribution in [0.15, 0.2) is 24.3 Å². The molecule has 1 aliphatic rings. The first-order chi connectivity index (χ1) is 8.82. The van der Waals surface area contributed by atoms with Gasteiger partial charge in [-0.05, 0) is 49.3 Å². The fourth-order valence-corrected chi connectivity index (χ4v) is 3.00. The summed E-state index contributed by atoms with van der Waals surface area (Å²) in [6.07, 6.45) is 0.609. The summed E-state index contributed by atoms with van der Waals surface area (Å²) in [4.78, 5) is 0. The molecule has 0 amide bonds. The van der Waals surface area contributed by atoms with Gasteiger partial charge in [0, 0.05) is 5.54 Å². The number of hydrogen-bond acceptors (Lipinski definition) is 1. The summed E-state index contributed by atoms with van der Waals surface area (Å²) in [5, 5.41) is 0. The number of rotatable bonds is 3. The Morgan fingerprint density at radius 3 is 2.37 bits per heavy atom. The molecule has 1 fully saturated rings. The molecule has 1 saturated carbocycles. The van der Waals surface area contributed by atoms with Gasteiger partial charge >= 0.3 is 6.18 Å². The van der Waals surface area contributed by atoms with Crippen LogP contribution < -0.4 is 5.73 Å². The molecule has 1 aromatic carbocycles. The van der Waals surface area contributed by atoms with Crippen molar-refractivity contribution in [2.24, 2.45) is 11.7 Å². The van der Waals surface area contributed by atoms with E-state index in [1.807, 2.05) is 0 Å². The lowest BCUT2D eigenvalue weighted by atomic mass is 9.88. The van der Waals surface area contributed by atoms with Gasteiger partial charge in [-0.15, -0.1) is 0 Å². The normalized spacial score (nSPS) is 27.7. The van der Waals surface area contributed by atoms with E-state index in [1.165, 1.54) is 0 Å². The average Bonchev–Trinajstić information content (AvgIpc) is 2.70. The van der Waals surface area contributed by atoms with Crippen molar-refractivity contribution >= 4 is 0 Å². The van der Waals surface area contributed by atoms with Gasteiger partial charge in [-0.2, -0.15) is 13.2 Å². The highest BCUT2D eigenvalue weighted by Gasteiger charge is 2.35. The van der Waals surface area contributed by atoms with E-state index in [1.54, 1.807) is 12.1 Å². The lowest BCUT2D eigenvalue weighted by Crippen LogP contribution is -2.39. The molecule has 4 heteroatoms. The molecule has 0 aromatic heterocycles. The Bertz CT molecular complexity index is 424. The van der Waals surface area contributed by atoms with Crippen LogP contribution in [0.5, 0.6) is 0 Å². The second kappa shape index (κ2) is 5.16. The van der Waals surface area contributed by atoms with Crippen LogP contribution in [0.4, 0.5) is 13.2 Å². The molecule has 0 aliphatic heterocycles. The van der Waals surface area contributed by atoms with Crippen molar-refractivity contribution in [1.29, 1.82) is 0 Å². The van der Waals surface area contributed by atoms with Crippen molar-refractivity contribution in [1.82, 2.24) is 0 Å². The Balaban J connectivity index is 2.04. The summed E-state index contributed by atoms with van der Waals surface area (Å²) in [6.45, 7) is 2.16. The minimum absolute atomic E-state index is 0.236. The molecule has 1 aromatic rings. The Morgan fingerprint density at radius 2 is 1.89 bits per heavy atom. The Kier molecular flexibility index (Phi) is 3.90. The van der Waals surface area contributed by atoms with Crippen molar-refractivity contribution < 1.29 is 13.2 Å². The van der Waals surface area contributed by atoms with Gasteiger partial charge in [-0.25, -0.2) is 0 Å². The van der Waals surface area contributed by atoms with E-state index in [2.05, 4.69) is 6.92 Å². The molecular weight excluding hydrogens is 251 g/mol. The number of halogens is 3. The van der Waals surface area contributed by atoms with Crippen molar-refractivity contribution in [2.45, 2.75) is 50.7 Å². The van der Waals surface area contributed by atoms with E-state index in [-0.39, 0.29) is 5.54 Å². The van der Waals surface area contributed by atoms with E-state index < -0.39 is 11.7 Å². The molecule has 0 heterocycles. The molecule has 0 spiro atoms. The monoisotopic (exact) mass is 271 g/mol. The molecule has 1 nitrogen and oxygen atoms in total. The first-order valence-corrected chi connectivity index (χ1v) is 6.77. The maximum Gasteiger partial charge on any atom is 0.416 e. The molecule has 106 valence electrons. The van der Waals surface area contributed by atoms with E-state index in [0.717, 1.165) is 43.4 Å². The highest BCUT2D eigenvalue weighted by Crippen LogP contribution is 2.37. The number of benzene rings is 1. The molecular formula is C15H20F3N. The van der Waals surface area contributed by atoms with Gasteiger partial charge in [-0.3, -0.25) is 0 Å². The van der Waals surface area contributed by atoms with Crippen LogP contribution in [0.25, 0.3) is 0 Å². The van der Waals surface area contributed by atoms with Crippen LogP contribution in [-0.2, 0) is 12.6 Å². The Hall–Kier alpha value is -1.03. The van der Waals surface area contributed by atoms with Crippen molar-refractivity contribution in [2.75, 3.05) is 0 Å². The zero-order valence-corrected chi connectivity index (χ0v) is 11.1. The summed E-state index contributed by atoms with van der Waals surface area (Å²) >= 11 is 0. The molecule has 0 bridgehead atoms. The van der Waals surface area contributed by atoms with Crippen molar-refractivity contribution in [3.63, 3.8) is 0 Å². The van der Waals surface area contributed by atoms with Gasteiger partial charge in [0.25, 0.3) is 0 Å². The van der Waals surface area contributed by atoms with Gasteiger partial charge in [0.05, 0.1) is 5.56 Å². The number of hydrogen-bond donors (Lipinski definition) is 1. The largest absolute Gasteiger partial charge is 0.416 e. The fraction of sp³-hybridized carbons (Fsp3) is 0.600. The topological polar surface area (TPSA) is 26.0 Å². The zero-order valence-electron chi connectivity index (χ0n) is 11.1. The van der Waals surface area contributed by atoms with Crippen molar-refractivity contribution in [3.05, 3.63) is 35.4 Å². The molecule has 2 N–H and O–H groups in total. The van der Waals surface area contributed by atoms with Gasteiger partial charge in [0.2, 0.25) is 0 Å². The van der Waals surface area contributed by atoms with E-state index in [0.29, 0.717) is 12.3 Å². The molecule has 2 unspecified atom stereocenters. The van der Waals surface area contributed by atoms with Crippen LogP contribution in [-0.4, -0.2) is 5.54 Å². The average molecular weight is 271 g/mol. The Morgan fingerprint density at radius 1 is 1.26 bits per heavy atom. The zero-order chi connectivity index (χ0) is 14.1. The third-order valence-corrected chi connectivity index (χ3v) is 4.16. The molecule has 2 atom stereocenters. The molecule has 19 heavy (non-hydrogen) atoms. The highest BCUT2D eigenvalue weighted by atomic mass is 19.4. The highest BCUT2D eigenvalue weighted by molar-refractivity contribution is 5.26. The predicted molar refractivity (Wildman–Crippen MR) is 69.7 cm³/mol. The second-order valence-corrected chi connectivity index (χ2v) is 5.75. The van der Waals surface area contributed by atoms with Gasteiger partial charge < -0.3 is 5.73 Å². The summed E-state index contributed by atoms with van der Waals surface area (Å²) in [7, 11) is 0. The quantitative estimate of drug-likeness (QED) is 0.877. The molecule has 1 aliphatic carbocycles. The number of alkyl halides is 3. The third kappa shape index (κ3) is 3.50. The van der Waals surface area contributed by atoms with E-state index in [4.69, 9.17) is 5.73 Å². The lowest BCUT2D eigenvalue weighted by molar-refractivity contribution is -0.137. The maximum absolute atomic E-state index is 12.5. The molecule has 2 rings (SSSR count). The third-order valence-electron chi connectivity index (χ3n) is 4.16. The maximum atomic E-state index is 12.5. The predicted octanol–water partition coefficient (Wildman–Crippen LogP) is 4.16. The van der Waals surface area contributed by atoms with Crippen LogP contribution in [0.3, 0.4) is 0 Å². The van der Waals surface area contributed by atoms with E-state index in [9.17, 15) is 13.2 Å². The Labute approximate surface area is 112 Å². The smallest absolute Gasteiger partial charge is 0.325 e. The van der Waals surface area contributed by atoms with Crippen LogP contribution >= 0.6 is 0 Å². The number of nitrogens with two attached hydrogens (primary N) is 1. The van der Waals surface area contributed by atoms with Crippen molar-refractivity contribution in [3.8, 4) is 0 Å². The summed E-state index contributed by atoms with van der Waals surface area (Å²) in [6, 6.07) is 5.39. The fourth-order valence-electron chi connectivity index (χ4n) is 3.00. The standard InChI is InChI=1S/C15H20F3N/c1-2-11-7-8-14(19,9-11)10-12-3-5-13(6-4-12)15(16,17)18/h3-6,11H,2,7-10,19H2,1H3.